The van der Waals surface area contributed by atoms with Crippen LogP contribution in [0.15, 0.2) is 0 Å². The molecule has 0 fully saturated rings. The fourth-order valence-corrected chi connectivity index (χ4v) is 2.38. The fraction of sp³-hybridized carbons (Fsp3) is 0.750. The average molecular weight is 192 g/mol. The maximum atomic E-state index is 4.35. The first-order valence-electron chi connectivity index (χ1n) is 5.51. The molecule has 0 bridgehead atoms. The first-order chi connectivity index (χ1) is 6.48. The Bertz CT molecular complexity index is 331. The summed E-state index contributed by atoms with van der Waals surface area (Å²) in [5, 5.41) is 7.45. The largest absolute Gasteiger partial charge is 0.282 e. The molecule has 2 heteroatoms. The van der Waals surface area contributed by atoms with Crippen molar-refractivity contribution in [2.24, 2.45) is 11.3 Å². The quantitative estimate of drug-likeness (QED) is 0.672. The lowest BCUT2D eigenvalue weighted by Crippen LogP contribution is -2.26. The summed E-state index contributed by atoms with van der Waals surface area (Å²) in [6, 6.07) is 0. The van der Waals surface area contributed by atoms with Crippen LogP contribution in [0, 0.1) is 18.3 Å². The summed E-state index contributed by atoms with van der Waals surface area (Å²) in [4.78, 5) is 0. The smallest absolute Gasteiger partial charge is 0.0657 e. The number of hydrogen-bond acceptors (Lipinski definition) is 1. The molecule has 0 radical (unpaired) electrons. The summed E-state index contributed by atoms with van der Waals surface area (Å²) in [5.41, 5.74) is 4.50. The summed E-state index contributed by atoms with van der Waals surface area (Å²) >= 11 is 0. The van der Waals surface area contributed by atoms with Crippen LogP contribution in [-0.4, -0.2) is 10.2 Å². The molecule has 1 heterocycles. The van der Waals surface area contributed by atoms with E-state index in [-0.39, 0.29) is 0 Å². The van der Waals surface area contributed by atoms with Crippen molar-refractivity contribution in [1.82, 2.24) is 10.2 Å². The Morgan fingerprint density at radius 1 is 1.36 bits per heavy atom. The van der Waals surface area contributed by atoms with E-state index in [2.05, 4.69) is 37.9 Å². The molecule has 1 aliphatic rings. The van der Waals surface area contributed by atoms with Crippen LogP contribution in [0.1, 0.15) is 44.1 Å². The highest BCUT2D eigenvalue weighted by molar-refractivity contribution is 5.27. The minimum atomic E-state index is 0.432. The van der Waals surface area contributed by atoms with Crippen LogP contribution in [0.4, 0.5) is 0 Å². The summed E-state index contributed by atoms with van der Waals surface area (Å²) < 4.78 is 0. The highest BCUT2D eigenvalue weighted by Crippen LogP contribution is 2.37. The van der Waals surface area contributed by atoms with E-state index in [4.69, 9.17) is 0 Å². The normalized spacial score (nSPS) is 22.1. The highest BCUT2D eigenvalue weighted by atomic mass is 15.1. The SMILES string of the molecule is Cc1[nH]nc2c1CC(C(C)(C)C)CC2. The first-order valence-corrected chi connectivity index (χ1v) is 5.51. The van der Waals surface area contributed by atoms with Crippen molar-refractivity contribution in [3.05, 3.63) is 17.0 Å². The van der Waals surface area contributed by atoms with Crippen molar-refractivity contribution in [1.29, 1.82) is 0 Å². The molecular formula is C12H20N2. The van der Waals surface area contributed by atoms with Gasteiger partial charge in [0.15, 0.2) is 0 Å². The zero-order valence-corrected chi connectivity index (χ0v) is 9.65. The topological polar surface area (TPSA) is 28.7 Å². The Morgan fingerprint density at radius 3 is 2.71 bits per heavy atom. The Hall–Kier alpha value is -0.790. The van der Waals surface area contributed by atoms with Gasteiger partial charge in [-0.25, -0.2) is 0 Å². The summed E-state index contributed by atoms with van der Waals surface area (Å²) in [6.07, 6.45) is 3.66. The molecule has 0 aromatic carbocycles. The van der Waals surface area contributed by atoms with E-state index in [1.165, 1.54) is 29.8 Å². The Labute approximate surface area is 86.1 Å². The molecule has 1 aromatic heterocycles. The second-order valence-corrected chi connectivity index (χ2v) is 5.58. The molecule has 0 saturated carbocycles. The van der Waals surface area contributed by atoms with Crippen molar-refractivity contribution in [3.8, 4) is 0 Å². The van der Waals surface area contributed by atoms with Gasteiger partial charge < -0.3 is 0 Å². The van der Waals surface area contributed by atoms with Crippen LogP contribution < -0.4 is 0 Å². The molecule has 1 aliphatic carbocycles. The maximum absolute atomic E-state index is 4.35. The third kappa shape index (κ3) is 1.58. The second-order valence-electron chi connectivity index (χ2n) is 5.58. The number of rotatable bonds is 0. The summed E-state index contributed by atoms with van der Waals surface area (Å²) in [7, 11) is 0. The summed E-state index contributed by atoms with van der Waals surface area (Å²) in [6.45, 7) is 9.17. The van der Waals surface area contributed by atoms with E-state index in [1.54, 1.807) is 0 Å². The Morgan fingerprint density at radius 2 is 2.07 bits per heavy atom. The van der Waals surface area contributed by atoms with E-state index >= 15 is 0 Å². The second kappa shape index (κ2) is 3.11. The van der Waals surface area contributed by atoms with E-state index in [0.29, 0.717) is 5.41 Å². The van der Waals surface area contributed by atoms with Crippen LogP contribution in [0.25, 0.3) is 0 Å². The van der Waals surface area contributed by atoms with Crippen LogP contribution in [0.5, 0.6) is 0 Å². The van der Waals surface area contributed by atoms with E-state index < -0.39 is 0 Å². The monoisotopic (exact) mass is 192 g/mol. The minimum absolute atomic E-state index is 0.432. The van der Waals surface area contributed by atoms with Gasteiger partial charge in [-0.05, 0) is 43.1 Å². The van der Waals surface area contributed by atoms with Gasteiger partial charge in [0.1, 0.15) is 0 Å². The van der Waals surface area contributed by atoms with Gasteiger partial charge in [-0.1, -0.05) is 20.8 Å². The number of aryl methyl sites for hydroxylation is 2. The maximum Gasteiger partial charge on any atom is 0.0657 e. The van der Waals surface area contributed by atoms with Crippen LogP contribution in [-0.2, 0) is 12.8 Å². The van der Waals surface area contributed by atoms with Crippen molar-refractivity contribution in [2.45, 2.75) is 47.0 Å². The number of nitrogens with zero attached hydrogens (tertiary/aromatic N) is 1. The predicted octanol–water partition coefficient (Wildman–Crippen LogP) is 2.87. The van der Waals surface area contributed by atoms with E-state index in [0.717, 1.165) is 12.3 Å². The predicted molar refractivity (Wildman–Crippen MR) is 58.3 cm³/mol. The molecule has 2 nitrogen and oxygen atoms in total. The zero-order chi connectivity index (χ0) is 10.3. The number of hydrogen-bond donors (Lipinski definition) is 1. The van der Waals surface area contributed by atoms with Crippen molar-refractivity contribution >= 4 is 0 Å². The van der Waals surface area contributed by atoms with Crippen LogP contribution in [0.2, 0.25) is 0 Å². The van der Waals surface area contributed by atoms with Gasteiger partial charge in [0.2, 0.25) is 0 Å². The summed E-state index contributed by atoms with van der Waals surface area (Å²) in [5.74, 6) is 0.811. The number of aromatic nitrogens is 2. The minimum Gasteiger partial charge on any atom is -0.282 e. The molecular weight excluding hydrogens is 172 g/mol. The lowest BCUT2D eigenvalue weighted by atomic mass is 9.71. The number of nitrogens with one attached hydrogen (secondary N) is 1. The average Bonchev–Trinajstić information content (AvgIpc) is 2.46. The third-order valence-electron chi connectivity index (χ3n) is 3.56. The molecule has 1 N–H and O–H groups in total. The zero-order valence-electron chi connectivity index (χ0n) is 9.65. The molecule has 0 spiro atoms. The molecule has 0 amide bonds. The van der Waals surface area contributed by atoms with Crippen LogP contribution in [0.3, 0.4) is 0 Å². The number of aromatic amines is 1. The standard InChI is InChI=1S/C12H20N2/c1-8-10-7-9(12(2,3)4)5-6-11(10)14-13-8/h9H,5-7H2,1-4H3,(H,13,14). The Balaban J connectivity index is 2.24. The van der Waals surface area contributed by atoms with Crippen LogP contribution >= 0.6 is 0 Å². The van der Waals surface area contributed by atoms with Gasteiger partial charge in [0.25, 0.3) is 0 Å². The Kier molecular flexibility index (Phi) is 2.17. The molecule has 1 aromatic rings. The molecule has 0 saturated heterocycles. The van der Waals surface area contributed by atoms with Gasteiger partial charge in [-0.15, -0.1) is 0 Å². The highest BCUT2D eigenvalue weighted by Gasteiger charge is 2.30. The number of H-pyrrole nitrogens is 1. The molecule has 14 heavy (non-hydrogen) atoms. The van der Waals surface area contributed by atoms with E-state index in [1.807, 2.05) is 0 Å². The van der Waals surface area contributed by atoms with Crippen molar-refractivity contribution in [3.63, 3.8) is 0 Å². The number of fused-ring (bicyclic) bond motifs is 1. The molecule has 2 rings (SSSR count). The first kappa shape index (κ1) is 9.75. The van der Waals surface area contributed by atoms with Gasteiger partial charge in [0, 0.05) is 5.69 Å². The molecule has 78 valence electrons. The molecule has 1 atom stereocenters. The lowest BCUT2D eigenvalue weighted by molar-refractivity contribution is 0.215. The van der Waals surface area contributed by atoms with Crippen molar-refractivity contribution < 1.29 is 0 Å². The van der Waals surface area contributed by atoms with Gasteiger partial charge in [-0.2, -0.15) is 5.10 Å². The van der Waals surface area contributed by atoms with Crippen molar-refractivity contribution in [2.75, 3.05) is 0 Å². The van der Waals surface area contributed by atoms with E-state index in [9.17, 15) is 0 Å². The van der Waals surface area contributed by atoms with Gasteiger partial charge in [0.05, 0.1) is 5.69 Å². The van der Waals surface area contributed by atoms with Gasteiger partial charge in [-0.3, -0.25) is 5.10 Å². The fourth-order valence-electron chi connectivity index (χ4n) is 2.38. The third-order valence-corrected chi connectivity index (χ3v) is 3.56. The lowest BCUT2D eigenvalue weighted by Gasteiger charge is -2.33. The molecule has 1 unspecified atom stereocenters. The molecule has 0 aliphatic heterocycles. The van der Waals surface area contributed by atoms with Gasteiger partial charge >= 0.3 is 0 Å².